The minimum absolute atomic E-state index is 0.0541. The van der Waals surface area contributed by atoms with Crippen LogP contribution in [-0.2, 0) is 4.74 Å². The maximum Gasteiger partial charge on any atom is 0.255 e. The number of pyridine rings is 1. The average Bonchev–Trinajstić information content (AvgIpc) is 2.80. The van der Waals surface area contributed by atoms with Crippen LogP contribution in [-0.4, -0.2) is 72.1 Å². The fourth-order valence-corrected chi connectivity index (χ4v) is 3.68. The Hall–Kier alpha value is -3.00. The fourth-order valence-electron chi connectivity index (χ4n) is 3.68. The summed E-state index contributed by atoms with van der Waals surface area (Å²) in [5.74, 6) is -0.178. The molecule has 0 atom stereocenters. The van der Waals surface area contributed by atoms with Crippen molar-refractivity contribution >= 4 is 11.8 Å². The number of benzene rings is 1. The third-order valence-electron chi connectivity index (χ3n) is 5.37. The highest BCUT2D eigenvalue weighted by Crippen LogP contribution is 2.20. The Morgan fingerprint density at radius 3 is 2.33 bits per heavy atom. The molecule has 0 spiro atoms. The third kappa shape index (κ3) is 4.76. The van der Waals surface area contributed by atoms with Gasteiger partial charge in [-0.2, -0.15) is 0 Å². The van der Waals surface area contributed by atoms with Gasteiger partial charge in [-0.1, -0.05) is 6.07 Å². The molecule has 2 fully saturated rings. The van der Waals surface area contributed by atoms with Crippen molar-refractivity contribution in [2.75, 3.05) is 39.4 Å². The molecule has 0 radical (unpaired) electrons. The molecule has 2 aliphatic rings. The number of likely N-dealkylation sites (tertiary alicyclic amines) is 1. The molecule has 2 aromatic rings. The molecule has 30 heavy (non-hydrogen) atoms. The van der Waals surface area contributed by atoms with Crippen molar-refractivity contribution in [1.82, 2.24) is 14.8 Å². The van der Waals surface area contributed by atoms with Gasteiger partial charge in [0.2, 0.25) is 5.88 Å². The van der Waals surface area contributed by atoms with Crippen LogP contribution in [0.25, 0.3) is 0 Å². The van der Waals surface area contributed by atoms with E-state index in [2.05, 4.69) is 4.98 Å². The number of aromatic nitrogens is 1. The lowest BCUT2D eigenvalue weighted by molar-refractivity contribution is 0.0302. The number of carbonyl (C=O) groups excluding carboxylic acids is 2. The molecule has 0 saturated carbocycles. The van der Waals surface area contributed by atoms with E-state index in [0.29, 0.717) is 69.2 Å². The monoisotopic (exact) mass is 413 g/mol. The molecule has 2 aliphatic heterocycles. The van der Waals surface area contributed by atoms with Gasteiger partial charge in [0.1, 0.15) is 11.9 Å². The Morgan fingerprint density at radius 2 is 1.67 bits per heavy atom. The zero-order valence-electron chi connectivity index (χ0n) is 16.6. The Balaban J connectivity index is 1.28. The zero-order valence-corrected chi connectivity index (χ0v) is 16.6. The molecule has 4 rings (SSSR count). The summed E-state index contributed by atoms with van der Waals surface area (Å²) in [7, 11) is 0. The van der Waals surface area contributed by atoms with Crippen LogP contribution in [0.3, 0.4) is 0 Å². The maximum absolute atomic E-state index is 13.4. The summed E-state index contributed by atoms with van der Waals surface area (Å²) >= 11 is 0. The van der Waals surface area contributed by atoms with E-state index in [4.69, 9.17) is 9.47 Å². The molecule has 0 bridgehead atoms. The number of amides is 2. The Kier molecular flexibility index (Phi) is 6.23. The van der Waals surface area contributed by atoms with Crippen LogP contribution in [0.15, 0.2) is 42.6 Å². The van der Waals surface area contributed by atoms with Crippen LogP contribution >= 0.6 is 0 Å². The number of hydrogen-bond acceptors (Lipinski definition) is 5. The molecular weight excluding hydrogens is 389 g/mol. The van der Waals surface area contributed by atoms with E-state index >= 15 is 0 Å². The van der Waals surface area contributed by atoms with E-state index in [1.807, 2.05) is 0 Å². The van der Waals surface area contributed by atoms with Crippen molar-refractivity contribution in [2.24, 2.45) is 0 Å². The van der Waals surface area contributed by atoms with Crippen LogP contribution in [0.1, 0.15) is 33.6 Å². The number of ether oxygens (including phenoxy) is 2. The van der Waals surface area contributed by atoms with E-state index in [1.165, 1.54) is 24.4 Å². The molecule has 1 aromatic heterocycles. The highest BCUT2D eigenvalue weighted by molar-refractivity contribution is 5.94. The lowest BCUT2D eigenvalue weighted by Crippen LogP contribution is -2.42. The van der Waals surface area contributed by atoms with Crippen molar-refractivity contribution in [2.45, 2.75) is 18.9 Å². The summed E-state index contributed by atoms with van der Waals surface area (Å²) < 4.78 is 24.6. The first-order valence-electron chi connectivity index (χ1n) is 10.1. The van der Waals surface area contributed by atoms with Gasteiger partial charge in [-0.15, -0.1) is 0 Å². The molecule has 2 amide bonds. The molecule has 0 N–H and O–H groups in total. The molecule has 7 nitrogen and oxygen atoms in total. The van der Waals surface area contributed by atoms with Crippen molar-refractivity contribution in [3.8, 4) is 5.88 Å². The predicted octanol–water partition coefficient (Wildman–Crippen LogP) is 2.38. The van der Waals surface area contributed by atoms with Crippen LogP contribution in [0.2, 0.25) is 0 Å². The second-order valence-corrected chi connectivity index (χ2v) is 7.41. The summed E-state index contributed by atoms with van der Waals surface area (Å²) in [6, 6.07) is 9.17. The first kappa shape index (κ1) is 20.3. The van der Waals surface area contributed by atoms with Gasteiger partial charge >= 0.3 is 0 Å². The van der Waals surface area contributed by atoms with Crippen LogP contribution in [0.5, 0.6) is 5.88 Å². The Bertz CT molecular complexity index is 892. The second kappa shape index (κ2) is 9.21. The largest absolute Gasteiger partial charge is 0.474 e. The van der Waals surface area contributed by atoms with Gasteiger partial charge in [0.25, 0.3) is 11.8 Å². The van der Waals surface area contributed by atoms with E-state index in [9.17, 15) is 14.0 Å². The smallest absolute Gasteiger partial charge is 0.255 e. The Labute approximate surface area is 174 Å². The SMILES string of the molecule is O=C(c1ccc(OC2CCN(C(=O)c3cccc(F)c3)CC2)nc1)N1CCOCC1. The number of carbonyl (C=O) groups is 2. The van der Waals surface area contributed by atoms with Gasteiger partial charge in [0.15, 0.2) is 0 Å². The van der Waals surface area contributed by atoms with Gasteiger partial charge < -0.3 is 19.3 Å². The second-order valence-electron chi connectivity index (χ2n) is 7.41. The Morgan fingerprint density at radius 1 is 0.967 bits per heavy atom. The van der Waals surface area contributed by atoms with Gasteiger partial charge in [-0.25, -0.2) is 9.37 Å². The lowest BCUT2D eigenvalue weighted by atomic mass is 10.1. The minimum atomic E-state index is -0.416. The number of hydrogen-bond donors (Lipinski definition) is 0. The number of halogens is 1. The quantitative estimate of drug-likeness (QED) is 0.770. The van der Waals surface area contributed by atoms with Crippen LogP contribution in [0.4, 0.5) is 4.39 Å². The number of rotatable bonds is 4. The summed E-state index contributed by atoms with van der Waals surface area (Å²) in [5, 5.41) is 0. The molecule has 3 heterocycles. The zero-order chi connectivity index (χ0) is 20.9. The number of nitrogens with zero attached hydrogens (tertiary/aromatic N) is 3. The molecule has 0 unspecified atom stereocenters. The minimum Gasteiger partial charge on any atom is -0.474 e. The normalized spacial score (nSPS) is 17.6. The van der Waals surface area contributed by atoms with Crippen molar-refractivity contribution in [3.05, 3.63) is 59.5 Å². The van der Waals surface area contributed by atoms with Crippen molar-refractivity contribution in [1.29, 1.82) is 0 Å². The average molecular weight is 413 g/mol. The topological polar surface area (TPSA) is 72.0 Å². The highest BCUT2D eigenvalue weighted by Gasteiger charge is 2.25. The van der Waals surface area contributed by atoms with Crippen LogP contribution in [0, 0.1) is 5.82 Å². The van der Waals surface area contributed by atoms with Gasteiger partial charge in [-0.3, -0.25) is 9.59 Å². The molecule has 158 valence electrons. The molecule has 0 aliphatic carbocycles. The summed E-state index contributed by atoms with van der Waals surface area (Å²) in [6.45, 7) is 3.36. The molecule has 2 saturated heterocycles. The first-order chi connectivity index (χ1) is 14.6. The summed E-state index contributed by atoms with van der Waals surface area (Å²) in [5.41, 5.74) is 0.885. The first-order valence-corrected chi connectivity index (χ1v) is 10.1. The standard InChI is InChI=1S/C22H24FN3O4/c23-18-3-1-2-16(14-18)21(27)25-8-6-19(7-9-25)30-20-5-4-17(15-24-20)22(28)26-10-12-29-13-11-26/h1-5,14-15,19H,6-13H2. The third-order valence-corrected chi connectivity index (χ3v) is 5.37. The van der Waals surface area contributed by atoms with E-state index in [0.717, 1.165) is 0 Å². The highest BCUT2D eigenvalue weighted by atomic mass is 19.1. The summed E-state index contributed by atoms with van der Waals surface area (Å²) in [6.07, 6.45) is 2.80. The van der Waals surface area contributed by atoms with E-state index < -0.39 is 5.82 Å². The lowest BCUT2D eigenvalue weighted by Gasteiger charge is -2.32. The van der Waals surface area contributed by atoms with E-state index in [-0.39, 0.29) is 17.9 Å². The van der Waals surface area contributed by atoms with Gasteiger partial charge in [-0.05, 0) is 24.3 Å². The van der Waals surface area contributed by atoms with Crippen molar-refractivity contribution < 1.29 is 23.5 Å². The molecular formula is C22H24FN3O4. The fraction of sp³-hybridized carbons (Fsp3) is 0.409. The molecule has 1 aromatic carbocycles. The van der Waals surface area contributed by atoms with E-state index in [1.54, 1.807) is 28.0 Å². The van der Waals surface area contributed by atoms with Gasteiger partial charge in [0, 0.05) is 56.8 Å². The van der Waals surface area contributed by atoms with Crippen LogP contribution < -0.4 is 4.74 Å². The summed E-state index contributed by atoms with van der Waals surface area (Å²) in [4.78, 5) is 32.7. The van der Waals surface area contributed by atoms with Crippen molar-refractivity contribution in [3.63, 3.8) is 0 Å². The molecule has 8 heteroatoms. The van der Waals surface area contributed by atoms with Gasteiger partial charge in [0.05, 0.1) is 18.8 Å². The number of piperidine rings is 1. The number of morpholine rings is 1. The maximum atomic E-state index is 13.4. The predicted molar refractivity (Wildman–Crippen MR) is 107 cm³/mol.